The van der Waals surface area contributed by atoms with Crippen molar-refractivity contribution in [2.45, 2.75) is 83.3 Å². The molecule has 0 aromatic heterocycles. The number of rotatable bonds is 13. The minimum absolute atomic E-state index is 0. The molecule has 0 aromatic rings. The summed E-state index contributed by atoms with van der Waals surface area (Å²) >= 11 is 0. The molecule has 0 rings (SSSR count). The van der Waals surface area contributed by atoms with Crippen molar-refractivity contribution in [3.05, 3.63) is 0 Å². The SMILES string of the molecule is CCCCCCCCCCCC(=O)OS(=O)(=O)C(C)CO.[NaH]. The van der Waals surface area contributed by atoms with Crippen LogP contribution in [0.2, 0.25) is 0 Å². The maximum atomic E-state index is 11.4. The van der Waals surface area contributed by atoms with E-state index in [1.54, 1.807) is 0 Å². The first kappa shape index (κ1) is 24.6. The zero-order valence-electron chi connectivity index (χ0n) is 13.3. The monoisotopic (exact) mass is 346 g/mol. The van der Waals surface area contributed by atoms with Crippen LogP contribution in [0, 0.1) is 0 Å². The second-order valence-corrected chi connectivity index (χ2v) is 7.48. The summed E-state index contributed by atoms with van der Waals surface area (Å²) in [6.45, 7) is 2.95. The van der Waals surface area contributed by atoms with Crippen LogP contribution >= 0.6 is 0 Å². The van der Waals surface area contributed by atoms with E-state index in [1.165, 1.54) is 45.4 Å². The quantitative estimate of drug-likeness (QED) is 0.315. The number of carbonyl (C=O) groups excluding carboxylic acids is 1. The Hall–Kier alpha value is 0.380. The number of aliphatic hydroxyl groups is 1. The Morgan fingerprint density at radius 2 is 1.45 bits per heavy atom. The second-order valence-electron chi connectivity index (χ2n) is 5.52. The molecule has 7 heteroatoms. The van der Waals surface area contributed by atoms with Crippen LogP contribution < -0.4 is 0 Å². The Morgan fingerprint density at radius 3 is 1.91 bits per heavy atom. The second kappa shape index (κ2) is 14.9. The van der Waals surface area contributed by atoms with Gasteiger partial charge in [0.25, 0.3) is 0 Å². The van der Waals surface area contributed by atoms with Gasteiger partial charge in [-0.15, -0.1) is 0 Å². The molecule has 0 aliphatic rings. The molecule has 0 spiro atoms. The predicted octanol–water partition coefficient (Wildman–Crippen LogP) is 2.51. The summed E-state index contributed by atoms with van der Waals surface area (Å²) in [6.07, 6.45) is 10.3. The summed E-state index contributed by atoms with van der Waals surface area (Å²) < 4.78 is 27.3. The minimum atomic E-state index is -3.97. The molecule has 0 amide bonds. The van der Waals surface area contributed by atoms with E-state index in [2.05, 4.69) is 11.1 Å². The molecular formula is C15H31NaO5S. The van der Waals surface area contributed by atoms with Crippen molar-refractivity contribution in [3.8, 4) is 0 Å². The molecule has 0 saturated carbocycles. The molecule has 128 valence electrons. The average molecular weight is 346 g/mol. The Balaban J connectivity index is 0. The van der Waals surface area contributed by atoms with Crippen molar-refractivity contribution in [1.82, 2.24) is 0 Å². The first-order valence-corrected chi connectivity index (χ1v) is 9.48. The van der Waals surface area contributed by atoms with Crippen molar-refractivity contribution in [1.29, 1.82) is 0 Å². The summed E-state index contributed by atoms with van der Waals surface area (Å²) in [7, 11) is -3.97. The number of hydrogen-bond donors (Lipinski definition) is 1. The van der Waals surface area contributed by atoms with Gasteiger partial charge in [0.2, 0.25) is 0 Å². The zero-order valence-corrected chi connectivity index (χ0v) is 14.2. The van der Waals surface area contributed by atoms with Gasteiger partial charge >= 0.3 is 45.6 Å². The van der Waals surface area contributed by atoms with E-state index in [-0.39, 0.29) is 36.0 Å². The van der Waals surface area contributed by atoms with Gasteiger partial charge in [-0.25, -0.2) is 0 Å². The molecule has 0 bridgehead atoms. The fraction of sp³-hybridized carbons (Fsp3) is 0.933. The van der Waals surface area contributed by atoms with Crippen molar-refractivity contribution >= 4 is 45.6 Å². The fourth-order valence-electron chi connectivity index (χ4n) is 1.92. The molecule has 1 N–H and O–H groups in total. The summed E-state index contributed by atoms with van der Waals surface area (Å²) in [5, 5.41) is 7.70. The Bertz CT molecular complexity index is 370. The molecule has 0 aromatic carbocycles. The van der Waals surface area contributed by atoms with Crippen molar-refractivity contribution in [2.24, 2.45) is 0 Å². The molecule has 5 nitrogen and oxygen atoms in total. The third-order valence-electron chi connectivity index (χ3n) is 3.44. The summed E-state index contributed by atoms with van der Waals surface area (Å²) in [6, 6.07) is 0. The molecular weight excluding hydrogens is 315 g/mol. The summed E-state index contributed by atoms with van der Waals surface area (Å²) in [4.78, 5) is 11.4. The van der Waals surface area contributed by atoms with Gasteiger partial charge in [-0.3, -0.25) is 4.79 Å². The molecule has 0 aliphatic heterocycles. The summed E-state index contributed by atoms with van der Waals surface area (Å²) in [5.41, 5.74) is 0. The van der Waals surface area contributed by atoms with Gasteiger partial charge in [0.15, 0.2) is 0 Å². The van der Waals surface area contributed by atoms with E-state index in [4.69, 9.17) is 5.11 Å². The van der Waals surface area contributed by atoms with Gasteiger partial charge in [-0.05, 0) is 13.3 Å². The van der Waals surface area contributed by atoms with Crippen LogP contribution in [0.3, 0.4) is 0 Å². The van der Waals surface area contributed by atoms with Crippen molar-refractivity contribution in [2.75, 3.05) is 6.61 Å². The van der Waals surface area contributed by atoms with E-state index in [9.17, 15) is 13.2 Å². The van der Waals surface area contributed by atoms with Gasteiger partial charge in [-0.2, -0.15) is 8.42 Å². The van der Waals surface area contributed by atoms with Crippen LogP contribution in [0.25, 0.3) is 0 Å². The van der Waals surface area contributed by atoms with E-state index in [0.717, 1.165) is 12.8 Å². The molecule has 1 unspecified atom stereocenters. The van der Waals surface area contributed by atoms with Crippen molar-refractivity contribution < 1.29 is 22.5 Å². The molecule has 22 heavy (non-hydrogen) atoms. The number of unbranched alkanes of at least 4 members (excludes halogenated alkanes) is 8. The van der Waals surface area contributed by atoms with Crippen LogP contribution in [0.4, 0.5) is 0 Å². The third kappa shape index (κ3) is 12.9. The van der Waals surface area contributed by atoms with Gasteiger partial charge in [0.05, 0.1) is 6.61 Å². The van der Waals surface area contributed by atoms with Crippen LogP contribution in [-0.2, 0) is 19.1 Å². The number of carbonyl (C=O) groups is 1. The van der Waals surface area contributed by atoms with Gasteiger partial charge in [-0.1, -0.05) is 58.3 Å². The molecule has 0 heterocycles. The predicted molar refractivity (Wildman–Crippen MR) is 90.6 cm³/mol. The van der Waals surface area contributed by atoms with Crippen LogP contribution in [0.15, 0.2) is 0 Å². The van der Waals surface area contributed by atoms with E-state index < -0.39 is 27.9 Å². The third-order valence-corrected chi connectivity index (χ3v) is 5.00. The topological polar surface area (TPSA) is 80.7 Å². The molecule has 0 fully saturated rings. The molecule has 1 atom stereocenters. The van der Waals surface area contributed by atoms with Gasteiger partial charge < -0.3 is 9.29 Å². The van der Waals surface area contributed by atoms with E-state index in [1.807, 2.05) is 0 Å². The maximum absolute atomic E-state index is 11.4. The Morgan fingerprint density at radius 1 is 1.00 bits per heavy atom. The number of hydrogen-bond acceptors (Lipinski definition) is 5. The zero-order chi connectivity index (χ0) is 16.1. The molecule has 0 radical (unpaired) electrons. The van der Waals surface area contributed by atoms with Gasteiger partial charge in [0, 0.05) is 6.42 Å². The molecule has 0 aliphatic carbocycles. The first-order valence-electron chi connectivity index (χ1n) is 8.01. The van der Waals surface area contributed by atoms with Crippen LogP contribution in [-0.4, -0.2) is 60.9 Å². The standard InChI is InChI=1S/C15H30O5S.Na.H/c1-3-4-5-6-7-8-9-10-11-12-15(17)20-21(18,19)14(2)13-16;;/h14,16H,3-13H2,1-2H3;;. The van der Waals surface area contributed by atoms with E-state index >= 15 is 0 Å². The fourth-order valence-corrected chi connectivity index (χ4v) is 2.61. The van der Waals surface area contributed by atoms with E-state index in [0.29, 0.717) is 6.42 Å². The normalized spacial score (nSPS) is 12.5. The first-order chi connectivity index (χ1) is 9.94. The number of aliphatic hydroxyl groups excluding tert-OH is 1. The Labute approximate surface area is 157 Å². The summed E-state index contributed by atoms with van der Waals surface area (Å²) in [5.74, 6) is -0.724. The van der Waals surface area contributed by atoms with Gasteiger partial charge in [0.1, 0.15) is 5.25 Å². The Kier molecular flexibility index (Phi) is 16.7. The van der Waals surface area contributed by atoms with Crippen molar-refractivity contribution in [3.63, 3.8) is 0 Å². The average Bonchev–Trinajstić information content (AvgIpc) is 2.44. The van der Waals surface area contributed by atoms with Crippen LogP contribution in [0.5, 0.6) is 0 Å². The molecule has 0 saturated heterocycles. The van der Waals surface area contributed by atoms with Crippen LogP contribution in [0.1, 0.15) is 78.1 Å².